The molecule has 1 saturated carbocycles. The first-order chi connectivity index (χ1) is 8.35. The third-order valence-electron chi connectivity index (χ3n) is 2.93. The minimum absolute atomic E-state index is 0.364. The van der Waals surface area contributed by atoms with Crippen molar-refractivity contribution in [1.82, 2.24) is 4.98 Å². The molecule has 4 heteroatoms. The topological polar surface area (TPSA) is 43.4 Å². The molecule has 4 nitrogen and oxygen atoms in total. The fourth-order valence-electron chi connectivity index (χ4n) is 1.93. The number of ether oxygens (including phenoxy) is 2. The highest BCUT2D eigenvalue weighted by Gasteiger charge is 2.31. The van der Waals surface area contributed by atoms with E-state index in [1.807, 2.05) is 19.1 Å². The van der Waals surface area contributed by atoms with Crippen LogP contribution < -0.4 is 10.1 Å². The second-order valence-electron chi connectivity index (χ2n) is 4.33. The zero-order valence-electron chi connectivity index (χ0n) is 10.5. The van der Waals surface area contributed by atoms with Crippen molar-refractivity contribution < 1.29 is 9.47 Å². The molecule has 0 aromatic carbocycles. The van der Waals surface area contributed by atoms with Crippen molar-refractivity contribution in [2.45, 2.75) is 25.8 Å². The van der Waals surface area contributed by atoms with Crippen LogP contribution in [0.15, 0.2) is 18.3 Å². The lowest BCUT2D eigenvalue weighted by atomic mass is 10.2. The van der Waals surface area contributed by atoms with E-state index in [-0.39, 0.29) is 0 Å². The fraction of sp³-hybridized carbons (Fsp3) is 0.615. The van der Waals surface area contributed by atoms with Crippen LogP contribution in [0.2, 0.25) is 0 Å². The van der Waals surface area contributed by atoms with Gasteiger partial charge in [-0.15, -0.1) is 0 Å². The van der Waals surface area contributed by atoms with Gasteiger partial charge in [0, 0.05) is 13.3 Å². The summed E-state index contributed by atoms with van der Waals surface area (Å²) in [7, 11) is 1.74. The number of nitrogens with one attached hydrogen (secondary N) is 1. The van der Waals surface area contributed by atoms with Gasteiger partial charge in [-0.1, -0.05) is 0 Å². The summed E-state index contributed by atoms with van der Waals surface area (Å²) in [5, 5.41) is 3.48. The first-order valence-electron chi connectivity index (χ1n) is 6.18. The van der Waals surface area contributed by atoms with Gasteiger partial charge in [-0.05, 0) is 37.8 Å². The summed E-state index contributed by atoms with van der Waals surface area (Å²) in [6.07, 6.45) is 4.31. The Bertz CT molecular complexity index is 353. The summed E-state index contributed by atoms with van der Waals surface area (Å²) in [4.78, 5) is 4.24. The molecule has 1 aliphatic carbocycles. The standard InChI is InChI=1S/C13H20N2O2/c1-3-17-13-11(5-4-8-14-13)15-12(9-16-2)10-6-7-10/h4-5,8,10,12,15H,3,6-7,9H2,1-2H3. The zero-order chi connectivity index (χ0) is 12.1. The number of aromatic nitrogens is 1. The zero-order valence-corrected chi connectivity index (χ0v) is 10.5. The van der Waals surface area contributed by atoms with Crippen LogP contribution in [0.1, 0.15) is 19.8 Å². The van der Waals surface area contributed by atoms with Gasteiger partial charge in [0.2, 0.25) is 5.88 Å². The van der Waals surface area contributed by atoms with Crippen molar-refractivity contribution in [3.63, 3.8) is 0 Å². The van der Waals surface area contributed by atoms with E-state index < -0.39 is 0 Å². The maximum absolute atomic E-state index is 5.50. The second-order valence-corrected chi connectivity index (χ2v) is 4.33. The third-order valence-corrected chi connectivity index (χ3v) is 2.93. The minimum Gasteiger partial charge on any atom is -0.476 e. The molecule has 0 amide bonds. The largest absolute Gasteiger partial charge is 0.476 e. The molecule has 1 fully saturated rings. The molecule has 1 aliphatic rings. The van der Waals surface area contributed by atoms with Gasteiger partial charge < -0.3 is 14.8 Å². The molecule has 1 heterocycles. The van der Waals surface area contributed by atoms with Crippen LogP contribution >= 0.6 is 0 Å². The smallest absolute Gasteiger partial charge is 0.237 e. The Balaban J connectivity index is 2.04. The molecule has 1 atom stereocenters. The lowest BCUT2D eigenvalue weighted by Crippen LogP contribution is -2.27. The van der Waals surface area contributed by atoms with Gasteiger partial charge in [-0.2, -0.15) is 0 Å². The van der Waals surface area contributed by atoms with Crippen molar-refractivity contribution in [2.24, 2.45) is 5.92 Å². The third kappa shape index (κ3) is 3.33. The van der Waals surface area contributed by atoms with Gasteiger partial charge in [0.25, 0.3) is 0 Å². The summed E-state index contributed by atoms with van der Waals surface area (Å²) in [5.41, 5.74) is 0.961. The monoisotopic (exact) mass is 236 g/mol. The molecule has 0 bridgehead atoms. The average Bonchev–Trinajstić information content (AvgIpc) is 3.15. The summed E-state index contributed by atoms with van der Waals surface area (Å²) < 4.78 is 10.8. The Morgan fingerprint density at radius 1 is 1.53 bits per heavy atom. The molecule has 17 heavy (non-hydrogen) atoms. The molecule has 0 saturated heterocycles. The van der Waals surface area contributed by atoms with Gasteiger partial charge in [-0.3, -0.25) is 0 Å². The lowest BCUT2D eigenvalue weighted by Gasteiger charge is -2.19. The van der Waals surface area contributed by atoms with E-state index in [1.54, 1.807) is 13.3 Å². The van der Waals surface area contributed by atoms with Gasteiger partial charge in [0.1, 0.15) is 0 Å². The number of anilines is 1. The van der Waals surface area contributed by atoms with Crippen molar-refractivity contribution in [3.05, 3.63) is 18.3 Å². The number of rotatable bonds is 7. The quantitative estimate of drug-likeness (QED) is 0.789. The fourth-order valence-corrected chi connectivity index (χ4v) is 1.93. The molecule has 2 rings (SSSR count). The van der Waals surface area contributed by atoms with Crippen molar-refractivity contribution in [3.8, 4) is 5.88 Å². The van der Waals surface area contributed by atoms with Gasteiger partial charge in [-0.25, -0.2) is 4.98 Å². The molecule has 1 unspecified atom stereocenters. The van der Waals surface area contributed by atoms with Gasteiger partial charge in [0.05, 0.1) is 24.9 Å². The molecular formula is C13H20N2O2. The summed E-state index contributed by atoms with van der Waals surface area (Å²) >= 11 is 0. The predicted octanol–water partition coefficient (Wildman–Crippen LogP) is 2.32. The van der Waals surface area contributed by atoms with E-state index in [2.05, 4.69) is 10.3 Å². The van der Waals surface area contributed by atoms with Crippen molar-refractivity contribution in [2.75, 3.05) is 25.6 Å². The Labute approximate surface area is 102 Å². The van der Waals surface area contributed by atoms with Gasteiger partial charge in [0.15, 0.2) is 0 Å². The maximum Gasteiger partial charge on any atom is 0.237 e. The predicted molar refractivity (Wildman–Crippen MR) is 67.4 cm³/mol. The van der Waals surface area contributed by atoms with Crippen molar-refractivity contribution >= 4 is 5.69 Å². The van der Waals surface area contributed by atoms with E-state index in [1.165, 1.54) is 12.8 Å². The van der Waals surface area contributed by atoms with Crippen LogP contribution in [0, 0.1) is 5.92 Å². The maximum atomic E-state index is 5.50. The van der Waals surface area contributed by atoms with E-state index in [4.69, 9.17) is 9.47 Å². The first-order valence-corrected chi connectivity index (χ1v) is 6.18. The number of nitrogens with zero attached hydrogens (tertiary/aromatic N) is 1. The Morgan fingerprint density at radius 2 is 2.35 bits per heavy atom. The van der Waals surface area contributed by atoms with Crippen LogP contribution in [-0.2, 0) is 4.74 Å². The Hall–Kier alpha value is -1.29. The molecule has 0 aliphatic heterocycles. The van der Waals surface area contributed by atoms with Crippen molar-refractivity contribution in [1.29, 1.82) is 0 Å². The highest BCUT2D eigenvalue weighted by Crippen LogP contribution is 2.35. The van der Waals surface area contributed by atoms with Crippen LogP contribution in [0.5, 0.6) is 5.88 Å². The van der Waals surface area contributed by atoms with Crippen LogP contribution in [-0.4, -0.2) is 31.3 Å². The Kier molecular flexibility index (Phi) is 4.20. The molecule has 1 N–H and O–H groups in total. The normalized spacial score (nSPS) is 16.6. The second kappa shape index (κ2) is 5.87. The molecule has 94 valence electrons. The number of hydrogen-bond donors (Lipinski definition) is 1. The Morgan fingerprint density at radius 3 is 3.00 bits per heavy atom. The molecule has 0 spiro atoms. The van der Waals surface area contributed by atoms with Crippen LogP contribution in [0.3, 0.4) is 0 Å². The lowest BCUT2D eigenvalue weighted by molar-refractivity contribution is 0.179. The van der Waals surface area contributed by atoms with E-state index in [0.717, 1.165) is 18.2 Å². The number of hydrogen-bond acceptors (Lipinski definition) is 4. The number of pyridine rings is 1. The van der Waals surface area contributed by atoms with E-state index >= 15 is 0 Å². The van der Waals surface area contributed by atoms with E-state index in [0.29, 0.717) is 18.5 Å². The summed E-state index contributed by atoms with van der Waals surface area (Å²) in [5.74, 6) is 1.40. The molecule has 1 aromatic heterocycles. The molecular weight excluding hydrogens is 216 g/mol. The van der Waals surface area contributed by atoms with Gasteiger partial charge >= 0.3 is 0 Å². The highest BCUT2D eigenvalue weighted by atomic mass is 16.5. The van der Waals surface area contributed by atoms with E-state index in [9.17, 15) is 0 Å². The minimum atomic E-state index is 0.364. The molecule has 1 aromatic rings. The average molecular weight is 236 g/mol. The van der Waals surface area contributed by atoms with Crippen LogP contribution in [0.25, 0.3) is 0 Å². The summed E-state index contributed by atoms with van der Waals surface area (Å²) in [6, 6.07) is 4.29. The molecule has 0 radical (unpaired) electrons. The van der Waals surface area contributed by atoms with Crippen LogP contribution in [0.4, 0.5) is 5.69 Å². The summed E-state index contributed by atoms with van der Waals surface area (Å²) in [6.45, 7) is 3.32. The number of methoxy groups -OCH3 is 1. The highest BCUT2D eigenvalue weighted by molar-refractivity contribution is 5.53. The SMILES string of the molecule is CCOc1ncccc1NC(COC)C1CC1. The first kappa shape index (κ1) is 12.2.